The molecular formula is C25H22ClN3O4. The van der Waals surface area contributed by atoms with Crippen LogP contribution in [0.4, 0.5) is 10.5 Å². The maximum absolute atomic E-state index is 13.3. The monoisotopic (exact) mass is 463 g/mol. The summed E-state index contributed by atoms with van der Waals surface area (Å²) in [5.41, 5.74) is 2.06. The van der Waals surface area contributed by atoms with E-state index in [1.54, 1.807) is 67.6 Å². The van der Waals surface area contributed by atoms with E-state index in [0.717, 1.165) is 0 Å². The Morgan fingerprint density at radius 1 is 1.00 bits per heavy atom. The van der Waals surface area contributed by atoms with Crippen molar-refractivity contribution in [3.8, 4) is 17.2 Å². The largest absolute Gasteiger partial charge is 0.495 e. The molecule has 0 radical (unpaired) electrons. The van der Waals surface area contributed by atoms with Crippen molar-refractivity contribution in [2.75, 3.05) is 12.4 Å². The molecule has 4 rings (SSSR count). The highest BCUT2D eigenvalue weighted by Gasteiger charge is 2.31. The average molecular weight is 464 g/mol. The molecule has 3 N–H and O–H groups in total. The van der Waals surface area contributed by atoms with Crippen molar-refractivity contribution in [3.63, 3.8) is 0 Å². The number of carbonyl (C=O) groups excluding carboxylic acids is 2. The lowest BCUT2D eigenvalue weighted by molar-refractivity contribution is -0.113. The fourth-order valence-electron chi connectivity index (χ4n) is 3.58. The van der Waals surface area contributed by atoms with Crippen LogP contribution < -0.4 is 25.4 Å². The zero-order chi connectivity index (χ0) is 23.4. The Labute approximate surface area is 196 Å². The maximum Gasteiger partial charge on any atom is 0.319 e. The van der Waals surface area contributed by atoms with Crippen LogP contribution in [-0.2, 0) is 4.79 Å². The molecular weight excluding hydrogens is 442 g/mol. The third-order valence-electron chi connectivity index (χ3n) is 5.11. The van der Waals surface area contributed by atoms with E-state index in [9.17, 15) is 9.59 Å². The van der Waals surface area contributed by atoms with E-state index >= 15 is 0 Å². The lowest BCUT2D eigenvalue weighted by Crippen LogP contribution is -2.46. The number of benzene rings is 3. The van der Waals surface area contributed by atoms with E-state index in [-0.39, 0.29) is 5.91 Å². The number of methoxy groups -OCH3 is 1. The van der Waals surface area contributed by atoms with Gasteiger partial charge in [0.1, 0.15) is 17.2 Å². The van der Waals surface area contributed by atoms with Crippen LogP contribution in [0.3, 0.4) is 0 Å². The standard InChI is InChI=1S/C25H22ClN3O4/c1-15-22(24(30)28-20-8-3-4-9-21(20)32-2)23(29-25(31)27-15)16-6-5-7-19(14-16)33-18-12-10-17(26)11-13-18/h3-14,23H,1-2H3,(H,28,30)(H2,27,29,31)/t23-/m0/s1. The molecule has 33 heavy (non-hydrogen) atoms. The molecule has 8 heteroatoms. The molecule has 0 bridgehead atoms. The smallest absolute Gasteiger partial charge is 0.319 e. The third kappa shape index (κ3) is 5.10. The van der Waals surface area contributed by atoms with Crippen LogP contribution in [0.5, 0.6) is 17.2 Å². The van der Waals surface area contributed by atoms with Gasteiger partial charge in [-0.25, -0.2) is 4.79 Å². The summed E-state index contributed by atoms with van der Waals surface area (Å²) >= 11 is 5.94. The number of amides is 3. The van der Waals surface area contributed by atoms with E-state index < -0.39 is 12.1 Å². The van der Waals surface area contributed by atoms with Gasteiger partial charge >= 0.3 is 6.03 Å². The van der Waals surface area contributed by atoms with Gasteiger partial charge in [-0.3, -0.25) is 4.79 Å². The first-order chi connectivity index (χ1) is 15.9. The first-order valence-corrected chi connectivity index (χ1v) is 10.6. The molecule has 1 heterocycles. The lowest BCUT2D eigenvalue weighted by atomic mass is 9.94. The number of ether oxygens (including phenoxy) is 2. The molecule has 0 unspecified atom stereocenters. The summed E-state index contributed by atoms with van der Waals surface area (Å²) in [4.78, 5) is 25.5. The van der Waals surface area contributed by atoms with Gasteiger partial charge in [0.15, 0.2) is 0 Å². The fraction of sp³-hybridized carbons (Fsp3) is 0.120. The van der Waals surface area contributed by atoms with Crippen molar-refractivity contribution in [1.82, 2.24) is 10.6 Å². The van der Waals surface area contributed by atoms with Gasteiger partial charge in [0.25, 0.3) is 5.91 Å². The molecule has 3 amide bonds. The minimum Gasteiger partial charge on any atom is -0.495 e. The quantitative estimate of drug-likeness (QED) is 0.456. The van der Waals surface area contributed by atoms with Crippen LogP contribution in [0.2, 0.25) is 5.02 Å². The van der Waals surface area contributed by atoms with Crippen molar-refractivity contribution in [3.05, 3.63) is 94.7 Å². The van der Waals surface area contributed by atoms with Crippen LogP contribution in [-0.4, -0.2) is 19.0 Å². The molecule has 7 nitrogen and oxygen atoms in total. The Bertz CT molecular complexity index is 1220. The second-order valence-electron chi connectivity index (χ2n) is 7.35. The zero-order valence-electron chi connectivity index (χ0n) is 18.0. The Hall–Kier alpha value is -3.97. The molecule has 0 saturated heterocycles. The third-order valence-corrected chi connectivity index (χ3v) is 5.36. The summed E-state index contributed by atoms with van der Waals surface area (Å²) in [5, 5.41) is 9.00. The number of para-hydroxylation sites is 2. The topological polar surface area (TPSA) is 88.7 Å². The number of urea groups is 1. The maximum atomic E-state index is 13.3. The minimum atomic E-state index is -0.678. The number of halogens is 1. The van der Waals surface area contributed by atoms with Gasteiger partial charge in [-0.1, -0.05) is 35.9 Å². The van der Waals surface area contributed by atoms with Crippen LogP contribution >= 0.6 is 11.6 Å². The highest BCUT2D eigenvalue weighted by Crippen LogP contribution is 2.32. The van der Waals surface area contributed by atoms with Crippen molar-refractivity contribution >= 4 is 29.2 Å². The second-order valence-corrected chi connectivity index (χ2v) is 7.79. The summed E-state index contributed by atoms with van der Waals surface area (Å²) in [6.07, 6.45) is 0. The summed E-state index contributed by atoms with van der Waals surface area (Å²) in [7, 11) is 1.53. The van der Waals surface area contributed by atoms with E-state index in [1.807, 2.05) is 12.1 Å². The van der Waals surface area contributed by atoms with Crippen LogP contribution in [0, 0.1) is 0 Å². The molecule has 0 fully saturated rings. The Kier molecular flexibility index (Phi) is 6.51. The highest BCUT2D eigenvalue weighted by atomic mass is 35.5. The van der Waals surface area contributed by atoms with Gasteiger partial charge in [-0.05, 0) is 61.0 Å². The van der Waals surface area contributed by atoms with Crippen molar-refractivity contribution in [1.29, 1.82) is 0 Å². The molecule has 168 valence electrons. The molecule has 3 aromatic carbocycles. The fourth-order valence-corrected chi connectivity index (χ4v) is 3.70. The second kappa shape index (κ2) is 9.67. The van der Waals surface area contributed by atoms with Crippen LogP contribution in [0.1, 0.15) is 18.5 Å². The molecule has 1 aliphatic heterocycles. The normalized spacial score (nSPS) is 15.4. The van der Waals surface area contributed by atoms with E-state index in [2.05, 4.69) is 16.0 Å². The van der Waals surface area contributed by atoms with Gasteiger partial charge in [-0.15, -0.1) is 0 Å². The SMILES string of the molecule is COc1ccccc1NC(=O)C1=C(C)NC(=O)N[C@H]1c1cccc(Oc2ccc(Cl)cc2)c1. The zero-order valence-corrected chi connectivity index (χ0v) is 18.8. The highest BCUT2D eigenvalue weighted by molar-refractivity contribution is 6.30. The van der Waals surface area contributed by atoms with Gasteiger partial charge < -0.3 is 25.4 Å². The predicted octanol–water partition coefficient (Wildman–Crippen LogP) is 5.41. The summed E-state index contributed by atoms with van der Waals surface area (Å²) in [5.74, 6) is 1.35. The first kappa shape index (κ1) is 22.2. The van der Waals surface area contributed by atoms with Crippen molar-refractivity contribution in [2.45, 2.75) is 13.0 Å². The van der Waals surface area contributed by atoms with Gasteiger partial charge in [0.2, 0.25) is 0 Å². The van der Waals surface area contributed by atoms with Gasteiger partial charge in [0.05, 0.1) is 24.4 Å². The number of allylic oxidation sites excluding steroid dienone is 1. The number of anilines is 1. The Morgan fingerprint density at radius 2 is 1.76 bits per heavy atom. The van der Waals surface area contributed by atoms with E-state index in [1.165, 1.54) is 7.11 Å². The lowest BCUT2D eigenvalue weighted by Gasteiger charge is -2.29. The average Bonchev–Trinajstić information content (AvgIpc) is 2.80. The number of carbonyl (C=O) groups is 2. The Morgan fingerprint density at radius 3 is 2.52 bits per heavy atom. The molecule has 1 aliphatic rings. The summed E-state index contributed by atoms with van der Waals surface area (Å²) < 4.78 is 11.2. The predicted molar refractivity (Wildman–Crippen MR) is 127 cm³/mol. The van der Waals surface area contributed by atoms with E-state index in [0.29, 0.717) is 44.8 Å². The van der Waals surface area contributed by atoms with Gasteiger partial charge in [0, 0.05) is 10.7 Å². The van der Waals surface area contributed by atoms with Crippen molar-refractivity contribution < 1.29 is 19.1 Å². The van der Waals surface area contributed by atoms with Crippen LogP contribution in [0.25, 0.3) is 0 Å². The summed E-state index contributed by atoms with van der Waals surface area (Å²) in [6.45, 7) is 1.69. The van der Waals surface area contributed by atoms with Gasteiger partial charge in [-0.2, -0.15) is 0 Å². The molecule has 1 atom stereocenters. The molecule has 0 spiro atoms. The number of nitrogens with one attached hydrogen (secondary N) is 3. The number of hydrogen-bond acceptors (Lipinski definition) is 4. The molecule has 3 aromatic rings. The van der Waals surface area contributed by atoms with Crippen molar-refractivity contribution in [2.24, 2.45) is 0 Å². The number of rotatable bonds is 6. The Balaban J connectivity index is 1.63. The number of hydrogen-bond donors (Lipinski definition) is 3. The molecule has 0 aromatic heterocycles. The minimum absolute atomic E-state index is 0.362. The molecule has 0 aliphatic carbocycles. The summed E-state index contributed by atoms with van der Waals surface area (Å²) in [6, 6.07) is 20.3. The first-order valence-electron chi connectivity index (χ1n) is 10.2. The van der Waals surface area contributed by atoms with Crippen LogP contribution in [0.15, 0.2) is 84.1 Å². The molecule has 0 saturated carbocycles. The van der Waals surface area contributed by atoms with E-state index in [4.69, 9.17) is 21.1 Å².